The minimum Gasteiger partial charge on any atom is -0.281 e. The number of allylic oxidation sites excluding steroid dienone is 1. The fourth-order valence-electron chi connectivity index (χ4n) is 1.56. The second kappa shape index (κ2) is 3.21. The van der Waals surface area contributed by atoms with E-state index in [4.69, 9.17) is 34.8 Å². The number of hydrogen-bond donors (Lipinski definition) is 0. The number of carbonyl (C=O) groups excluding carboxylic acids is 1. The van der Waals surface area contributed by atoms with Crippen molar-refractivity contribution in [2.75, 3.05) is 0 Å². The minimum absolute atomic E-state index is 0.0894. The van der Waals surface area contributed by atoms with Gasteiger partial charge in [-0.3, -0.25) is 4.79 Å². The van der Waals surface area contributed by atoms with Crippen LogP contribution >= 0.6 is 34.8 Å². The van der Waals surface area contributed by atoms with Gasteiger partial charge in [-0.25, -0.2) is 0 Å². The zero-order valence-electron chi connectivity index (χ0n) is 6.77. The molecule has 68 valence electrons. The first-order valence-corrected chi connectivity index (χ1v) is 4.73. The van der Waals surface area contributed by atoms with E-state index in [-0.39, 0.29) is 27.0 Å². The van der Waals surface area contributed by atoms with Crippen LogP contribution in [0.5, 0.6) is 0 Å². The Morgan fingerprint density at radius 2 is 1.83 bits per heavy atom. The van der Waals surface area contributed by atoms with E-state index in [0.29, 0.717) is 0 Å². The van der Waals surface area contributed by atoms with Crippen molar-refractivity contribution in [3.05, 3.63) is 10.6 Å². The molecule has 1 rings (SSSR count). The second-order valence-corrected chi connectivity index (χ2v) is 4.97. The monoisotopic (exact) mass is 226 g/mol. The largest absolute Gasteiger partial charge is 0.281 e. The lowest BCUT2D eigenvalue weighted by Gasteiger charge is -1.96. The van der Waals surface area contributed by atoms with Crippen molar-refractivity contribution >= 4 is 40.0 Å². The van der Waals surface area contributed by atoms with Crippen LogP contribution in [0.1, 0.15) is 13.8 Å². The van der Waals surface area contributed by atoms with Crippen LogP contribution in [-0.2, 0) is 4.79 Å². The van der Waals surface area contributed by atoms with Crippen molar-refractivity contribution < 1.29 is 4.79 Å². The average Bonchev–Trinajstić information content (AvgIpc) is 2.32. The van der Waals surface area contributed by atoms with Gasteiger partial charge in [0.2, 0.25) is 5.24 Å². The highest BCUT2D eigenvalue weighted by atomic mass is 35.5. The summed E-state index contributed by atoms with van der Waals surface area (Å²) >= 11 is 16.3. The van der Waals surface area contributed by atoms with Crippen molar-refractivity contribution in [1.82, 2.24) is 0 Å². The first-order chi connectivity index (χ1) is 5.37. The van der Waals surface area contributed by atoms with Crippen molar-refractivity contribution in [2.45, 2.75) is 13.8 Å². The van der Waals surface area contributed by atoms with Gasteiger partial charge in [0.15, 0.2) is 0 Å². The molecule has 1 aliphatic carbocycles. The molecule has 1 fully saturated rings. The molecule has 4 heteroatoms. The summed E-state index contributed by atoms with van der Waals surface area (Å²) in [6, 6.07) is 0. The third-order valence-electron chi connectivity index (χ3n) is 2.46. The summed E-state index contributed by atoms with van der Waals surface area (Å²) in [6.45, 7) is 3.94. The molecule has 2 atom stereocenters. The van der Waals surface area contributed by atoms with Crippen LogP contribution in [0.4, 0.5) is 0 Å². The topological polar surface area (TPSA) is 17.1 Å². The number of hydrogen-bond acceptors (Lipinski definition) is 1. The van der Waals surface area contributed by atoms with E-state index in [1.54, 1.807) is 6.08 Å². The molecule has 0 bridgehead atoms. The summed E-state index contributed by atoms with van der Waals surface area (Å²) in [6.07, 6.45) is 1.67. The number of carbonyl (C=O) groups is 1. The lowest BCUT2D eigenvalue weighted by atomic mass is 10.1. The van der Waals surface area contributed by atoms with Crippen molar-refractivity contribution in [3.8, 4) is 0 Å². The zero-order valence-corrected chi connectivity index (χ0v) is 9.04. The van der Waals surface area contributed by atoms with Crippen molar-refractivity contribution in [2.24, 2.45) is 17.3 Å². The first-order valence-electron chi connectivity index (χ1n) is 3.59. The third kappa shape index (κ3) is 1.78. The Kier molecular flexibility index (Phi) is 2.77. The van der Waals surface area contributed by atoms with Gasteiger partial charge in [-0.15, -0.1) is 0 Å². The van der Waals surface area contributed by atoms with Gasteiger partial charge in [0.1, 0.15) is 4.49 Å². The van der Waals surface area contributed by atoms with Gasteiger partial charge in [-0.1, -0.05) is 37.0 Å². The van der Waals surface area contributed by atoms with Gasteiger partial charge in [0.05, 0.1) is 0 Å². The molecular weight excluding hydrogens is 218 g/mol. The number of halogens is 3. The molecule has 0 aromatic rings. The lowest BCUT2D eigenvalue weighted by Crippen LogP contribution is -1.96. The van der Waals surface area contributed by atoms with Crippen molar-refractivity contribution in [3.63, 3.8) is 0 Å². The molecule has 0 N–H and O–H groups in total. The standard InChI is InChI=1S/C8H9Cl3O/c1-8(2)4(3-5(9)10)6(8)7(11)12/h3-4,6H,1-2H3. The van der Waals surface area contributed by atoms with Gasteiger partial charge < -0.3 is 0 Å². The van der Waals surface area contributed by atoms with Gasteiger partial charge in [-0.05, 0) is 29.0 Å². The molecule has 2 unspecified atom stereocenters. The Labute approximate surface area is 86.7 Å². The Bertz CT molecular complexity index is 241. The second-order valence-electron chi connectivity index (χ2n) is 3.59. The highest BCUT2D eigenvalue weighted by Crippen LogP contribution is 2.60. The lowest BCUT2D eigenvalue weighted by molar-refractivity contribution is -0.113. The Morgan fingerprint density at radius 1 is 1.33 bits per heavy atom. The minimum atomic E-state index is -0.309. The third-order valence-corrected chi connectivity index (χ3v) is 2.95. The highest BCUT2D eigenvalue weighted by molar-refractivity contribution is 6.64. The van der Waals surface area contributed by atoms with E-state index in [0.717, 1.165) is 0 Å². The molecular formula is C8H9Cl3O. The van der Waals surface area contributed by atoms with Crippen LogP contribution in [-0.4, -0.2) is 5.24 Å². The summed E-state index contributed by atoms with van der Waals surface area (Å²) in [7, 11) is 0. The van der Waals surface area contributed by atoms with Crippen LogP contribution < -0.4 is 0 Å². The van der Waals surface area contributed by atoms with E-state index in [1.165, 1.54) is 0 Å². The van der Waals surface area contributed by atoms with E-state index in [2.05, 4.69) is 0 Å². The molecule has 1 saturated carbocycles. The Hall–Kier alpha value is 0.280. The summed E-state index contributed by atoms with van der Waals surface area (Å²) in [5.74, 6) is -0.0424. The van der Waals surface area contributed by atoms with Crippen LogP contribution in [0, 0.1) is 17.3 Å². The summed E-state index contributed by atoms with van der Waals surface area (Å²) in [5.41, 5.74) is -0.0894. The quantitative estimate of drug-likeness (QED) is 0.661. The molecule has 0 spiro atoms. The fourth-order valence-corrected chi connectivity index (χ4v) is 2.25. The molecule has 1 nitrogen and oxygen atoms in total. The maximum atomic E-state index is 10.9. The highest BCUT2D eigenvalue weighted by Gasteiger charge is 2.60. The molecule has 0 radical (unpaired) electrons. The molecule has 12 heavy (non-hydrogen) atoms. The molecule has 0 aromatic heterocycles. The van der Waals surface area contributed by atoms with Crippen LogP contribution in [0.25, 0.3) is 0 Å². The van der Waals surface area contributed by atoms with Gasteiger partial charge >= 0.3 is 0 Å². The van der Waals surface area contributed by atoms with Gasteiger partial charge in [-0.2, -0.15) is 0 Å². The predicted octanol–water partition coefficient (Wildman–Crippen LogP) is 3.34. The van der Waals surface area contributed by atoms with E-state index >= 15 is 0 Å². The maximum absolute atomic E-state index is 10.9. The summed E-state index contributed by atoms with van der Waals surface area (Å²) in [4.78, 5) is 10.9. The van der Waals surface area contributed by atoms with Crippen LogP contribution in [0.3, 0.4) is 0 Å². The molecule has 0 heterocycles. The molecule has 0 aromatic carbocycles. The molecule has 0 aliphatic heterocycles. The van der Waals surface area contributed by atoms with E-state index in [9.17, 15) is 4.79 Å². The maximum Gasteiger partial charge on any atom is 0.225 e. The molecule has 0 amide bonds. The van der Waals surface area contributed by atoms with E-state index in [1.807, 2.05) is 13.8 Å². The Balaban J connectivity index is 2.73. The average molecular weight is 228 g/mol. The van der Waals surface area contributed by atoms with Crippen molar-refractivity contribution in [1.29, 1.82) is 0 Å². The zero-order chi connectivity index (χ0) is 9.52. The summed E-state index contributed by atoms with van der Waals surface area (Å²) in [5, 5.41) is -0.309. The smallest absolute Gasteiger partial charge is 0.225 e. The normalized spacial score (nSPS) is 31.1. The fraction of sp³-hybridized carbons (Fsp3) is 0.625. The van der Waals surface area contributed by atoms with Gasteiger partial charge in [0.25, 0.3) is 0 Å². The van der Waals surface area contributed by atoms with Crippen LogP contribution in [0.15, 0.2) is 10.6 Å². The van der Waals surface area contributed by atoms with E-state index < -0.39 is 0 Å². The van der Waals surface area contributed by atoms with Gasteiger partial charge in [0, 0.05) is 5.92 Å². The predicted molar refractivity (Wildman–Crippen MR) is 51.4 cm³/mol. The summed E-state index contributed by atoms with van der Waals surface area (Å²) < 4.78 is 0.202. The molecule has 0 saturated heterocycles. The number of rotatable bonds is 2. The Morgan fingerprint density at radius 3 is 2.08 bits per heavy atom. The SMILES string of the molecule is CC1(C)C(C=C(Cl)Cl)C1C(=O)Cl. The molecule has 1 aliphatic rings. The van der Waals surface area contributed by atoms with Crippen LogP contribution in [0.2, 0.25) is 0 Å². The first kappa shape index (κ1) is 10.4.